The Morgan fingerprint density at radius 2 is 1.69 bits per heavy atom. The largest absolute Gasteiger partial charge is 0.339 e. The molecule has 4 heteroatoms. The summed E-state index contributed by atoms with van der Waals surface area (Å²) in [6, 6.07) is 15.6. The van der Waals surface area contributed by atoms with Crippen molar-refractivity contribution in [2.24, 2.45) is 5.92 Å². The minimum atomic E-state index is -0.0409. The van der Waals surface area contributed by atoms with Gasteiger partial charge in [-0.1, -0.05) is 43.3 Å². The number of carbonyl (C=O) groups excluding carboxylic acids is 2. The van der Waals surface area contributed by atoms with Crippen LogP contribution < -0.4 is 5.32 Å². The van der Waals surface area contributed by atoms with Crippen molar-refractivity contribution in [3.63, 3.8) is 0 Å². The van der Waals surface area contributed by atoms with Gasteiger partial charge in [-0.15, -0.1) is 0 Å². The van der Waals surface area contributed by atoms with Crippen LogP contribution >= 0.6 is 0 Å². The lowest BCUT2D eigenvalue weighted by atomic mass is 9.94. The van der Waals surface area contributed by atoms with Crippen molar-refractivity contribution in [2.75, 3.05) is 18.4 Å². The third-order valence-corrected chi connectivity index (χ3v) is 5.18. The summed E-state index contributed by atoms with van der Waals surface area (Å²) in [4.78, 5) is 27.2. The summed E-state index contributed by atoms with van der Waals surface area (Å²) in [6.45, 7) is 5.29. The van der Waals surface area contributed by atoms with Gasteiger partial charge in [-0.2, -0.15) is 0 Å². The van der Waals surface area contributed by atoms with E-state index >= 15 is 0 Å². The Kier molecular flexibility index (Phi) is 5.71. The highest BCUT2D eigenvalue weighted by Crippen LogP contribution is 2.23. The van der Waals surface area contributed by atoms with E-state index in [-0.39, 0.29) is 17.7 Å². The van der Waals surface area contributed by atoms with Crippen molar-refractivity contribution in [1.29, 1.82) is 0 Å². The van der Waals surface area contributed by atoms with Gasteiger partial charge in [-0.25, -0.2) is 0 Å². The molecule has 0 aliphatic carbocycles. The Bertz CT molecular complexity index is 792. The lowest BCUT2D eigenvalue weighted by Crippen LogP contribution is -2.41. The predicted molar refractivity (Wildman–Crippen MR) is 104 cm³/mol. The molecular weight excluding hydrogens is 324 g/mol. The molecule has 2 aromatic rings. The molecule has 2 amide bonds. The zero-order valence-electron chi connectivity index (χ0n) is 15.5. The molecule has 1 fully saturated rings. The van der Waals surface area contributed by atoms with Crippen LogP contribution in [0.4, 0.5) is 5.69 Å². The van der Waals surface area contributed by atoms with Crippen LogP contribution in [0.2, 0.25) is 0 Å². The zero-order chi connectivity index (χ0) is 18.5. The quantitative estimate of drug-likeness (QED) is 0.904. The maximum Gasteiger partial charge on any atom is 0.254 e. The number of likely N-dealkylation sites (tertiary alicyclic amines) is 1. The highest BCUT2D eigenvalue weighted by Gasteiger charge is 2.28. The molecule has 4 nitrogen and oxygen atoms in total. The van der Waals surface area contributed by atoms with Gasteiger partial charge in [0.2, 0.25) is 5.91 Å². The lowest BCUT2D eigenvalue weighted by Gasteiger charge is -2.32. The van der Waals surface area contributed by atoms with Crippen molar-refractivity contribution in [2.45, 2.75) is 33.1 Å². The first-order valence-electron chi connectivity index (χ1n) is 9.33. The number of hydrogen-bond acceptors (Lipinski definition) is 2. The smallest absolute Gasteiger partial charge is 0.254 e. The van der Waals surface area contributed by atoms with Crippen LogP contribution in [0.15, 0.2) is 48.5 Å². The van der Waals surface area contributed by atoms with E-state index in [2.05, 4.69) is 12.2 Å². The SMILES string of the molecule is CCc1ccccc1NC(=O)C1CCN(C(=O)c2ccccc2C)CC1. The molecule has 0 unspecified atom stereocenters. The van der Waals surface area contributed by atoms with Gasteiger partial charge < -0.3 is 10.2 Å². The van der Waals surface area contributed by atoms with Gasteiger partial charge in [0.25, 0.3) is 5.91 Å². The average molecular weight is 350 g/mol. The van der Waals surface area contributed by atoms with E-state index in [9.17, 15) is 9.59 Å². The van der Waals surface area contributed by atoms with E-state index in [4.69, 9.17) is 0 Å². The number of rotatable bonds is 4. The second-order valence-electron chi connectivity index (χ2n) is 6.88. The topological polar surface area (TPSA) is 49.4 Å². The van der Waals surface area contributed by atoms with Gasteiger partial charge in [-0.05, 0) is 49.4 Å². The summed E-state index contributed by atoms with van der Waals surface area (Å²) in [5, 5.41) is 3.07. The number of anilines is 1. The zero-order valence-corrected chi connectivity index (χ0v) is 15.5. The number of amides is 2. The molecule has 26 heavy (non-hydrogen) atoms. The average Bonchev–Trinajstić information content (AvgIpc) is 2.68. The van der Waals surface area contributed by atoms with E-state index in [1.54, 1.807) is 0 Å². The van der Waals surface area contributed by atoms with Crippen LogP contribution in [-0.4, -0.2) is 29.8 Å². The maximum absolute atomic E-state index is 12.7. The summed E-state index contributed by atoms with van der Waals surface area (Å²) < 4.78 is 0. The minimum Gasteiger partial charge on any atom is -0.339 e. The summed E-state index contributed by atoms with van der Waals surface area (Å²) in [7, 11) is 0. The molecule has 1 aliphatic heterocycles. The number of carbonyl (C=O) groups is 2. The van der Waals surface area contributed by atoms with Crippen LogP contribution in [0.5, 0.6) is 0 Å². The normalized spacial score (nSPS) is 14.9. The Hall–Kier alpha value is -2.62. The highest BCUT2D eigenvalue weighted by molar-refractivity contribution is 5.96. The first kappa shape index (κ1) is 18.2. The van der Waals surface area contributed by atoms with Crippen molar-refractivity contribution >= 4 is 17.5 Å². The Morgan fingerprint density at radius 3 is 2.38 bits per heavy atom. The molecule has 1 aliphatic rings. The number of nitrogens with one attached hydrogen (secondary N) is 1. The predicted octanol–water partition coefficient (Wildman–Crippen LogP) is 4.05. The first-order chi connectivity index (χ1) is 12.6. The molecule has 0 atom stereocenters. The fraction of sp³-hybridized carbons (Fsp3) is 0.364. The summed E-state index contributed by atoms with van der Waals surface area (Å²) in [5.41, 5.74) is 3.80. The number of piperidine rings is 1. The molecule has 0 spiro atoms. The standard InChI is InChI=1S/C22H26N2O2/c1-3-17-9-5-7-11-20(17)23-21(25)18-12-14-24(15-13-18)22(26)19-10-6-4-8-16(19)2/h4-11,18H,3,12-15H2,1-2H3,(H,23,25). The van der Waals surface area contributed by atoms with Crippen molar-refractivity contribution in [3.8, 4) is 0 Å². The van der Waals surface area contributed by atoms with E-state index in [0.717, 1.165) is 28.8 Å². The van der Waals surface area contributed by atoms with Gasteiger partial charge >= 0.3 is 0 Å². The van der Waals surface area contributed by atoms with Gasteiger partial charge in [0.15, 0.2) is 0 Å². The Morgan fingerprint density at radius 1 is 1.04 bits per heavy atom. The van der Waals surface area contributed by atoms with E-state index in [1.807, 2.05) is 60.4 Å². The van der Waals surface area contributed by atoms with Crippen LogP contribution in [0, 0.1) is 12.8 Å². The second kappa shape index (κ2) is 8.17. The monoisotopic (exact) mass is 350 g/mol. The van der Waals surface area contributed by atoms with Crippen LogP contribution in [0.25, 0.3) is 0 Å². The molecule has 1 heterocycles. The summed E-state index contributed by atoms with van der Waals surface area (Å²) in [5.74, 6) is 0.0907. The van der Waals surface area contributed by atoms with Gasteiger partial charge in [0.05, 0.1) is 0 Å². The molecule has 3 rings (SSSR count). The molecule has 1 saturated heterocycles. The van der Waals surface area contributed by atoms with Crippen LogP contribution in [0.1, 0.15) is 41.3 Å². The fourth-order valence-corrected chi connectivity index (χ4v) is 3.51. The van der Waals surface area contributed by atoms with Gasteiger partial charge in [0.1, 0.15) is 0 Å². The summed E-state index contributed by atoms with van der Waals surface area (Å²) >= 11 is 0. The molecule has 1 N–H and O–H groups in total. The van der Waals surface area contributed by atoms with Crippen LogP contribution in [0.3, 0.4) is 0 Å². The molecule has 0 radical (unpaired) electrons. The third kappa shape index (κ3) is 3.96. The van der Waals surface area contributed by atoms with Gasteiger partial charge in [0, 0.05) is 30.3 Å². The molecule has 136 valence electrons. The molecule has 0 aromatic heterocycles. The first-order valence-corrected chi connectivity index (χ1v) is 9.33. The maximum atomic E-state index is 12.7. The Balaban J connectivity index is 1.59. The third-order valence-electron chi connectivity index (χ3n) is 5.18. The Labute approximate surface area is 155 Å². The van der Waals surface area contributed by atoms with E-state index in [0.29, 0.717) is 25.9 Å². The lowest BCUT2D eigenvalue weighted by molar-refractivity contribution is -0.121. The van der Waals surface area contributed by atoms with Crippen molar-refractivity contribution in [3.05, 3.63) is 65.2 Å². The number of hydrogen-bond donors (Lipinski definition) is 1. The molecule has 0 saturated carbocycles. The molecular formula is C22H26N2O2. The van der Waals surface area contributed by atoms with Crippen LogP contribution in [-0.2, 0) is 11.2 Å². The van der Waals surface area contributed by atoms with Crippen molar-refractivity contribution in [1.82, 2.24) is 4.90 Å². The van der Waals surface area contributed by atoms with Crippen molar-refractivity contribution < 1.29 is 9.59 Å². The number of aryl methyl sites for hydroxylation is 2. The number of nitrogens with zero attached hydrogens (tertiary/aromatic N) is 1. The van der Waals surface area contributed by atoms with Gasteiger partial charge in [-0.3, -0.25) is 9.59 Å². The number of para-hydroxylation sites is 1. The highest BCUT2D eigenvalue weighted by atomic mass is 16.2. The molecule has 0 bridgehead atoms. The minimum absolute atomic E-state index is 0.0409. The molecule has 2 aromatic carbocycles. The fourth-order valence-electron chi connectivity index (χ4n) is 3.51. The summed E-state index contributed by atoms with van der Waals surface area (Å²) in [6.07, 6.45) is 2.30. The van der Waals surface area contributed by atoms with E-state index in [1.165, 1.54) is 0 Å². The second-order valence-corrected chi connectivity index (χ2v) is 6.88. The van der Waals surface area contributed by atoms with E-state index < -0.39 is 0 Å². The number of benzene rings is 2.